The Balaban J connectivity index is 0.00000256. The molecule has 7 heteroatoms. The number of ether oxygens (including phenoxy) is 1. The molecule has 5 nitrogen and oxygen atoms in total. The zero-order chi connectivity index (χ0) is 20.3. The summed E-state index contributed by atoms with van der Waals surface area (Å²) in [5.41, 5.74) is 0.906. The van der Waals surface area contributed by atoms with Gasteiger partial charge in [-0.3, -0.25) is 4.79 Å². The SMILES string of the molecule is CC1CN(C(=O)c2ncccc2F)CC2(CCN(CCc3ccccc3)CC2)O1.Cl. The van der Waals surface area contributed by atoms with E-state index in [9.17, 15) is 9.18 Å². The fourth-order valence-electron chi connectivity index (χ4n) is 4.46. The number of piperidine rings is 1. The number of carbonyl (C=O) groups excluding carboxylic acids is 1. The maximum atomic E-state index is 14.1. The van der Waals surface area contributed by atoms with E-state index in [0.29, 0.717) is 13.1 Å². The number of morpholine rings is 1. The number of carbonyl (C=O) groups is 1. The largest absolute Gasteiger partial charge is 0.368 e. The monoisotopic (exact) mass is 433 g/mol. The Morgan fingerprint density at radius 3 is 2.63 bits per heavy atom. The first-order valence-electron chi connectivity index (χ1n) is 10.4. The summed E-state index contributed by atoms with van der Waals surface area (Å²) in [5, 5.41) is 0. The van der Waals surface area contributed by atoms with Gasteiger partial charge in [-0.2, -0.15) is 0 Å². The van der Waals surface area contributed by atoms with Gasteiger partial charge in [0, 0.05) is 32.4 Å². The number of aromatic nitrogens is 1. The number of halogens is 2. The minimum Gasteiger partial charge on any atom is -0.368 e. The van der Waals surface area contributed by atoms with Gasteiger partial charge in [0.15, 0.2) is 11.5 Å². The van der Waals surface area contributed by atoms with Gasteiger partial charge < -0.3 is 14.5 Å². The first kappa shape index (κ1) is 22.7. The van der Waals surface area contributed by atoms with Gasteiger partial charge in [-0.15, -0.1) is 12.4 Å². The number of rotatable bonds is 4. The molecule has 1 amide bonds. The van der Waals surface area contributed by atoms with E-state index in [2.05, 4.69) is 34.1 Å². The van der Waals surface area contributed by atoms with Crippen molar-refractivity contribution in [3.63, 3.8) is 0 Å². The van der Waals surface area contributed by atoms with E-state index >= 15 is 0 Å². The van der Waals surface area contributed by atoms with Crippen LogP contribution in [-0.4, -0.2) is 65.1 Å². The average Bonchev–Trinajstić information content (AvgIpc) is 2.73. The van der Waals surface area contributed by atoms with Crippen molar-refractivity contribution in [3.05, 3.63) is 65.7 Å². The van der Waals surface area contributed by atoms with Crippen LogP contribution in [0, 0.1) is 5.82 Å². The molecule has 0 radical (unpaired) electrons. The second kappa shape index (κ2) is 9.86. The average molecular weight is 434 g/mol. The maximum Gasteiger partial charge on any atom is 0.275 e. The van der Waals surface area contributed by atoms with Crippen molar-refractivity contribution in [3.8, 4) is 0 Å². The molecule has 2 aliphatic rings. The van der Waals surface area contributed by atoms with E-state index < -0.39 is 5.82 Å². The molecule has 4 rings (SSSR count). The molecule has 1 unspecified atom stereocenters. The summed E-state index contributed by atoms with van der Waals surface area (Å²) in [6, 6.07) is 13.3. The Bertz CT molecular complexity index is 843. The third-order valence-corrected chi connectivity index (χ3v) is 5.98. The first-order valence-corrected chi connectivity index (χ1v) is 10.4. The van der Waals surface area contributed by atoms with Crippen LogP contribution in [-0.2, 0) is 11.2 Å². The molecule has 0 bridgehead atoms. The Labute approximate surface area is 183 Å². The summed E-state index contributed by atoms with van der Waals surface area (Å²) in [7, 11) is 0. The molecule has 2 saturated heterocycles. The second-order valence-electron chi connectivity index (χ2n) is 8.21. The van der Waals surface area contributed by atoms with Crippen LogP contribution in [0.5, 0.6) is 0 Å². The zero-order valence-electron chi connectivity index (χ0n) is 17.3. The van der Waals surface area contributed by atoms with Crippen molar-refractivity contribution in [2.24, 2.45) is 0 Å². The van der Waals surface area contributed by atoms with Gasteiger partial charge in [0.25, 0.3) is 5.91 Å². The van der Waals surface area contributed by atoms with Crippen molar-refractivity contribution in [2.45, 2.75) is 37.9 Å². The smallest absolute Gasteiger partial charge is 0.275 e. The highest BCUT2D eigenvalue weighted by Crippen LogP contribution is 2.33. The Hall–Kier alpha value is -2.02. The summed E-state index contributed by atoms with van der Waals surface area (Å²) in [6.07, 6.45) is 4.17. The predicted molar refractivity (Wildman–Crippen MR) is 116 cm³/mol. The molecule has 2 aliphatic heterocycles. The minimum absolute atomic E-state index is 0. The van der Waals surface area contributed by atoms with Gasteiger partial charge >= 0.3 is 0 Å². The summed E-state index contributed by atoms with van der Waals surface area (Å²) in [4.78, 5) is 21.0. The lowest BCUT2D eigenvalue weighted by molar-refractivity contribution is -0.161. The van der Waals surface area contributed by atoms with Gasteiger partial charge in [0.2, 0.25) is 0 Å². The fourth-order valence-corrected chi connectivity index (χ4v) is 4.46. The molecule has 2 fully saturated rings. The van der Waals surface area contributed by atoms with Gasteiger partial charge in [0.1, 0.15) is 0 Å². The molecule has 1 spiro atoms. The third kappa shape index (κ3) is 5.17. The quantitative estimate of drug-likeness (QED) is 0.739. The summed E-state index contributed by atoms with van der Waals surface area (Å²) >= 11 is 0. The van der Waals surface area contributed by atoms with E-state index in [1.807, 2.05) is 13.0 Å². The van der Waals surface area contributed by atoms with Crippen LogP contribution in [0.15, 0.2) is 48.7 Å². The third-order valence-electron chi connectivity index (χ3n) is 5.98. The number of likely N-dealkylation sites (tertiary alicyclic amines) is 1. The molecule has 162 valence electrons. The van der Waals surface area contributed by atoms with Crippen molar-refractivity contribution in [1.82, 2.24) is 14.8 Å². The molecule has 2 aromatic rings. The van der Waals surface area contributed by atoms with Crippen LogP contribution in [0.3, 0.4) is 0 Å². The van der Waals surface area contributed by atoms with E-state index in [-0.39, 0.29) is 35.7 Å². The topological polar surface area (TPSA) is 45.7 Å². The van der Waals surface area contributed by atoms with Crippen molar-refractivity contribution in [1.29, 1.82) is 0 Å². The van der Waals surface area contributed by atoms with Crippen LogP contribution in [0.2, 0.25) is 0 Å². The zero-order valence-corrected chi connectivity index (χ0v) is 18.1. The second-order valence-corrected chi connectivity index (χ2v) is 8.21. The van der Waals surface area contributed by atoms with Crippen LogP contribution in [0.4, 0.5) is 4.39 Å². The summed E-state index contributed by atoms with van der Waals surface area (Å²) < 4.78 is 20.4. The summed E-state index contributed by atoms with van der Waals surface area (Å²) in [5.74, 6) is -0.912. The lowest BCUT2D eigenvalue weighted by Gasteiger charge is -2.49. The normalized spacial score (nSPS) is 21.3. The molecule has 0 saturated carbocycles. The van der Waals surface area contributed by atoms with E-state index in [1.165, 1.54) is 23.9 Å². The summed E-state index contributed by atoms with van der Waals surface area (Å²) in [6.45, 7) is 5.86. The molecular formula is C23H29ClFN3O2. The number of amides is 1. The number of hydrogen-bond donors (Lipinski definition) is 0. The maximum absolute atomic E-state index is 14.1. The molecule has 3 heterocycles. The molecule has 1 aromatic heterocycles. The van der Waals surface area contributed by atoms with E-state index in [0.717, 1.165) is 38.9 Å². The molecule has 1 aromatic carbocycles. The Morgan fingerprint density at radius 1 is 1.20 bits per heavy atom. The molecule has 0 N–H and O–H groups in total. The number of hydrogen-bond acceptors (Lipinski definition) is 4. The predicted octanol–water partition coefficient (Wildman–Crippen LogP) is 3.58. The Kier molecular flexibility index (Phi) is 7.45. The van der Waals surface area contributed by atoms with Crippen molar-refractivity contribution < 1.29 is 13.9 Å². The lowest BCUT2D eigenvalue weighted by atomic mass is 9.88. The molecule has 30 heavy (non-hydrogen) atoms. The van der Waals surface area contributed by atoms with Gasteiger partial charge in [0.05, 0.1) is 18.2 Å². The van der Waals surface area contributed by atoms with E-state index in [1.54, 1.807) is 4.90 Å². The van der Waals surface area contributed by atoms with Crippen LogP contribution >= 0.6 is 12.4 Å². The standard InChI is InChI=1S/C23H28FN3O2.ClH/c1-18-16-27(22(28)21-20(24)8-5-12-25-21)17-23(29-18)10-14-26(15-11-23)13-9-19-6-3-2-4-7-19;/h2-8,12,18H,9-11,13-17H2,1H3;1H. The minimum atomic E-state index is -0.568. The Morgan fingerprint density at radius 2 is 1.93 bits per heavy atom. The highest BCUT2D eigenvalue weighted by molar-refractivity contribution is 5.92. The highest BCUT2D eigenvalue weighted by atomic mass is 35.5. The lowest BCUT2D eigenvalue weighted by Crippen LogP contribution is -2.60. The van der Waals surface area contributed by atoms with Gasteiger partial charge in [-0.1, -0.05) is 30.3 Å². The van der Waals surface area contributed by atoms with Crippen LogP contribution in [0.1, 0.15) is 35.8 Å². The van der Waals surface area contributed by atoms with Crippen molar-refractivity contribution in [2.75, 3.05) is 32.7 Å². The van der Waals surface area contributed by atoms with E-state index in [4.69, 9.17) is 4.74 Å². The van der Waals surface area contributed by atoms with Gasteiger partial charge in [-0.05, 0) is 43.9 Å². The van der Waals surface area contributed by atoms with Gasteiger partial charge in [-0.25, -0.2) is 9.37 Å². The number of pyridine rings is 1. The highest BCUT2D eigenvalue weighted by Gasteiger charge is 2.43. The fraction of sp³-hybridized carbons (Fsp3) is 0.478. The molecular weight excluding hydrogens is 405 g/mol. The number of benzene rings is 1. The van der Waals surface area contributed by atoms with Crippen LogP contribution in [0.25, 0.3) is 0 Å². The first-order chi connectivity index (χ1) is 14.0. The van der Waals surface area contributed by atoms with Crippen molar-refractivity contribution >= 4 is 18.3 Å². The number of nitrogens with zero attached hydrogens (tertiary/aromatic N) is 3. The molecule has 1 atom stereocenters. The molecule has 0 aliphatic carbocycles. The van der Waals surface area contributed by atoms with Crippen LogP contribution < -0.4 is 0 Å².